The summed E-state index contributed by atoms with van der Waals surface area (Å²) in [4.78, 5) is 21.9. The number of hydrogen-bond donors (Lipinski definition) is 0. The normalized spacial score (nSPS) is 15.6. The van der Waals surface area contributed by atoms with Gasteiger partial charge >= 0.3 is 0 Å². The van der Waals surface area contributed by atoms with E-state index in [4.69, 9.17) is 10.2 Å². The largest absolute Gasteiger partial charge is 0.296 e. The molecule has 0 fully saturated rings. The van der Waals surface area contributed by atoms with E-state index in [0.717, 1.165) is 42.0 Å². The van der Waals surface area contributed by atoms with Crippen molar-refractivity contribution in [2.75, 3.05) is 0 Å². The van der Waals surface area contributed by atoms with Crippen LogP contribution in [0.1, 0.15) is 42.9 Å². The summed E-state index contributed by atoms with van der Waals surface area (Å²) in [5.41, 5.74) is 3.18. The second kappa shape index (κ2) is 6.48. The summed E-state index contributed by atoms with van der Waals surface area (Å²) in [5.74, 6) is 0.877. The Balaban J connectivity index is 1.69. The summed E-state index contributed by atoms with van der Waals surface area (Å²) in [6.45, 7) is 5.10. The van der Waals surface area contributed by atoms with Gasteiger partial charge in [0.25, 0.3) is 5.56 Å². The molecule has 0 saturated heterocycles. The summed E-state index contributed by atoms with van der Waals surface area (Å²) in [5, 5.41) is 9.49. The first-order valence-corrected chi connectivity index (χ1v) is 9.03. The second-order valence-corrected chi connectivity index (χ2v) is 7.78. The second-order valence-electron chi connectivity index (χ2n) is 7.78. The van der Waals surface area contributed by atoms with Crippen molar-refractivity contribution in [3.63, 3.8) is 0 Å². The zero-order chi connectivity index (χ0) is 19.0. The number of pyridine rings is 1. The van der Waals surface area contributed by atoms with Crippen LogP contribution in [0.3, 0.4) is 0 Å². The lowest BCUT2D eigenvalue weighted by atomic mass is 9.85. The smallest absolute Gasteiger partial charge is 0.261 e. The molecule has 0 amide bonds. The van der Waals surface area contributed by atoms with E-state index in [2.05, 4.69) is 24.9 Å². The van der Waals surface area contributed by atoms with Gasteiger partial charge in [-0.15, -0.1) is 0 Å². The van der Waals surface area contributed by atoms with E-state index in [1.54, 1.807) is 18.3 Å². The molecule has 0 saturated carbocycles. The first kappa shape index (κ1) is 17.2. The average molecular weight is 356 g/mol. The van der Waals surface area contributed by atoms with E-state index in [9.17, 15) is 4.79 Å². The molecule has 1 aromatic carbocycles. The maximum absolute atomic E-state index is 12.9. The molecule has 0 atom stereocenters. The topological polar surface area (TPSA) is 71.6 Å². The van der Waals surface area contributed by atoms with Crippen LogP contribution < -0.4 is 5.56 Å². The Hall–Kier alpha value is -3.26. The molecule has 5 heteroatoms. The highest BCUT2D eigenvalue weighted by molar-refractivity contribution is 5.82. The molecule has 5 nitrogen and oxygen atoms in total. The zero-order valence-corrected chi connectivity index (χ0v) is 15.4. The molecule has 0 bridgehead atoms. The summed E-state index contributed by atoms with van der Waals surface area (Å²) >= 11 is 0. The maximum Gasteiger partial charge on any atom is 0.261 e. The first-order valence-electron chi connectivity index (χ1n) is 9.03. The van der Waals surface area contributed by atoms with Crippen LogP contribution in [0.15, 0.2) is 41.3 Å². The predicted octanol–water partition coefficient (Wildman–Crippen LogP) is 3.81. The summed E-state index contributed by atoms with van der Waals surface area (Å²) in [6, 6.07) is 11.3. The highest BCUT2D eigenvalue weighted by atomic mass is 16.1. The molecular weight excluding hydrogens is 336 g/mol. The van der Waals surface area contributed by atoms with Gasteiger partial charge in [-0.2, -0.15) is 5.26 Å². The molecule has 0 aliphatic carbocycles. The Kier molecular flexibility index (Phi) is 4.12. The van der Waals surface area contributed by atoms with Crippen molar-refractivity contribution in [2.24, 2.45) is 5.41 Å². The van der Waals surface area contributed by atoms with E-state index in [-0.39, 0.29) is 11.0 Å². The third-order valence-electron chi connectivity index (χ3n) is 5.03. The molecule has 3 aromatic rings. The first-order chi connectivity index (χ1) is 12.9. The lowest BCUT2D eigenvalue weighted by Gasteiger charge is -2.31. The number of aromatic nitrogens is 3. The van der Waals surface area contributed by atoms with Gasteiger partial charge in [-0.3, -0.25) is 14.3 Å². The molecule has 0 unspecified atom stereocenters. The van der Waals surface area contributed by atoms with Crippen LogP contribution in [0.5, 0.6) is 0 Å². The van der Waals surface area contributed by atoms with E-state index in [1.165, 1.54) is 0 Å². The Morgan fingerprint density at radius 3 is 2.81 bits per heavy atom. The van der Waals surface area contributed by atoms with Gasteiger partial charge in [0.1, 0.15) is 11.9 Å². The Bertz CT molecular complexity index is 1150. The van der Waals surface area contributed by atoms with Crippen LogP contribution in [0.25, 0.3) is 23.1 Å². The molecule has 27 heavy (non-hydrogen) atoms. The van der Waals surface area contributed by atoms with Crippen LogP contribution in [0.2, 0.25) is 0 Å². The molecule has 1 aliphatic rings. The number of aryl methyl sites for hydroxylation is 1. The van der Waals surface area contributed by atoms with Gasteiger partial charge in [-0.1, -0.05) is 26.0 Å². The van der Waals surface area contributed by atoms with Crippen molar-refractivity contribution in [3.05, 3.63) is 69.5 Å². The van der Waals surface area contributed by atoms with Crippen molar-refractivity contribution in [3.8, 4) is 6.07 Å². The number of nitrogens with zero attached hydrogens (tertiary/aromatic N) is 4. The summed E-state index contributed by atoms with van der Waals surface area (Å²) < 4.78 is 1.84. The van der Waals surface area contributed by atoms with Gasteiger partial charge in [0.2, 0.25) is 0 Å². The fourth-order valence-corrected chi connectivity index (χ4v) is 3.45. The van der Waals surface area contributed by atoms with Crippen molar-refractivity contribution in [1.29, 1.82) is 5.26 Å². The Labute approximate surface area is 157 Å². The molecule has 0 N–H and O–H groups in total. The third-order valence-corrected chi connectivity index (χ3v) is 5.03. The van der Waals surface area contributed by atoms with E-state index in [1.807, 2.05) is 34.9 Å². The van der Waals surface area contributed by atoms with Gasteiger partial charge in [-0.25, -0.2) is 4.98 Å². The molecule has 2 aromatic heterocycles. The molecule has 0 spiro atoms. The minimum atomic E-state index is 0.0482. The number of hydrogen-bond acceptors (Lipinski definition) is 4. The number of benzene rings is 1. The molecule has 1 aliphatic heterocycles. The lowest BCUT2D eigenvalue weighted by molar-refractivity contribution is 0.240. The molecular formula is C22H20N4O. The quantitative estimate of drug-likeness (QED) is 0.700. The van der Waals surface area contributed by atoms with Crippen LogP contribution in [-0.2, 0) is 13.0 Å². The maximum atomic E-state index is 12.9. The fourth-order valence-electron chi connectivity index (χ4n) is 3.45. The Morgan fingerprint density at radius 1 is 1.22 bits per heavy atom. The van der Waals surface area contributed by atoms with Gasteiger partial charge < -0.3 is 0 Å². The summed E-state index contributed by atoms with van der Waals surface area (Å²) in [6.07, 6.45) is 7.24. The van der Waals surface area contributed by atoms with Gasteiger partial charge in [0.05, 0.1) is 22.2 Å². The van der Waals surface area contributed by atoms with Crippen molar-refractivity contribution in [1.82, 2.24) is 14.5 Å². The monoisotopic (exact) mass is 356 g/mol. The minimum Gasteiger partial charge on any atom is -0.296 e. The van der Waals surface area contributed by atoms with Crippen LogP contribution >= 0.6 is 0 Å². The number of rotatable bonds is 2. The minimum absolute atomic E-state index is 0.0482. The van der Waals surface area contributed by atoms with Gasteiger partial charge in [-0.05, 0) is 47.7 Å². The average Bonchev–Trinajstić information content (AvgIpc) is 2.67. The van der Waals surface area contributed by atoms with Crippen molar-refractivity contribution < 1.29 is 0 Å². The highest BCUT2D eigenvalue weighted by Gasteiger charge is 2.27. The summed E-state index contributed by atoms with van der Waals surface area (Å²) in [7, 11) is 0. The fraction of sp³-hybridized carbons (Fsp3) is 0.273. The Morgan fingerprint density at radius 2 is 2.07 bits per heavy atom. The number of fused-ring (bicyclic) bond motifs is 2. The third kappa shape index (κ3) is 3.39. The molecule has 3 heterocycles. The molecule has 134 valence electrons. The van der Waals surface area contributed by atoms with Crippen LogP contribution in [-0.4, -0.2) is 14.5 Å². The molecule has 0 radical (unpaired) electrons. The van der Waals surface area contributed by atoms with E-state index < -0.39 is 0 Å². The predicted molar refractivity (Wildman–Crippen MR) is 106 cm³/mol. The van der Waals surface area contributed by atoms with Crippen molar-refractivity contribution >= 4 is 23.1 Å². The highest BCUT2D eigenvalue weighted by Crippen LogP contribution is 2.29. The number of nitriles is 1. The van der Waals surface area contributed by atoms with E-state index in [0.29, 0.717) is 10.9 Å². The standard InChI is InChI=1S/C22H20N4O/c1-22(2)10-9-20-25-19-11-15(5-8-18(19)21(27)26(20)14-22)3-6-17-7-4-16(12-23)13-24-17/h3-8,11,13H,9-10,14H2,1-2H3. The SMILES string of the molecule is CC1(C)CCc2nc3cc(C=Cc4ccc(C#N)cn4)ccc3c(=O)n2C1. The van der Waals surface area contributed by atoms with Gasteiger partial charge in [0.15, 0.2) is 0 Å². The van der Waals surface area contributed by atoms with Crippen molar-refractivity contribution in [2.45, 2.75) is 33.2 Å². The van der Waals surface area contributed by atoms with Crippen LogP contribution in [0, 0.1) is 16.7 Å². The zero-order valence-electron chi connectivity index (χ0n) is 15.4. The van der Waals surface area contributed by atoms with Gasteiger partial charge in [0, 0.05) is 19.2 Å². The van der Waals surface area contributed by atoms with Crippen LogP contribution in [0.4, 0.5) is 0 Å². The van der Waals surface area contributed by atoms with E-state index >= 15 is 0 Å². The molecule has 4 rings (SSSR count). The lowest BCUT2D eigenvalue weighted by Crippen LogP contribution is -2.36.